The van der Waals surface area contributed by atoms with Gasteiger partial charge in [-0.25, -0.2) is 0 Å². The molecule has 63 valence electrons. The molecule has 0 aromatic rings. The summed E-state index contributed by atoms with van der Waals surface area (Å²) in [6.45, 7) is 0. The van der Waals surface area contributed by atoms with Gasteiger partial charge in [0.1, 0.15) is 0 Å². The van der Waals surface area contributed by atoms with E-state index in [4.69, 9.17) is 22.6 Å². The average Bonchev–Trinajstić information content (AvgIpc) is 1.61. The van der Waals surface area contributed by atoms with Crippen LogP contribution < -0.4 is 0 Å². The van der Waals surface area contributed by atoms with Gasteiger partial charge in [-0.05, 0) is 0 Å². The van der Waals surface area contributed by atoms with Crippen LogP contribution in [-0.4, -0.2) is 28.6 Å². The number of carbonyl (C=O) groups is 1. The Morgan fingerprint density at radius 3 is 1.45 bits per heavy atom. The van der Waals surface area contributed by atoms with E-state index in [0.29, 0.717) is 4.13 Å². The smallest absolute Gasteiger partial charge is 0.264 e. The molecule has 3 N–H and O–H groups in total. The summed E-state index contributed by atoms with van der Waals surface area (Å²) in [5.41, 5.74) is 0. The van der Waals surface area contributed by atoms with Crippen molar-refractivity contribution in [3.63, 3.8) is 0 Å². The molecule has 0 heterocycles. The average molecular weight is 340 g/mol. The summed E-state index contributed by atoms with van der Waals surface area (Å²) in [5, 5.41) is 7.74. The quantitative estimate of drug-likeness (QED) is 0.549. The first-order chi connectivity index (χ1) is 4.27. The van der Waals surface area contributed by atoms with Gasteiger partial charge < -0.3 is 0 Å². The van der Waals surface area contributed by atoms with E-state index in [1.165, 1.54) is 0 Å². The molecular formula is C2H5O6SZr2. The Balaban J connectivity index is -0.000000107. The molecular weight excluding hydrogens is 335 g/mol. The number of hydrogen-bond donors (Lipinski definition) is 3. The maximum absolute atomic E-state index is 9.39. The van der Waals surface area contributed by atoms with Gasteiger partial charge in [-0.3, -0.25) is 9.11 Å². The van der Waals surface area contributed by atoms with E-state index >= 15 is 0 Å². The van der Waals surface area contributed by atoms with Crippen molar-refractivity contribution in [2.24, 2.45) is 0 Å². The Kier molecular flexibility index (Phi) is 15.1. The van der Waals surface area contributed by atoms with E-state index in [0.717, 1.165) is 24.7 Å². The fourth-order valence-electron chi connectivity index (χ4n) is 0. The second-order valence-electron chi connectivity index (χ2n) is 1.02. The zero-order valence-corrected chi connectivity index (χ0v) is 10.9. The van der Waals surface area contributed by atoms with Crippen molar-refractivity contribution in [1.29, 1.82) is 0 Å². The van der Waals surface area contributed by atoms with Crippen molar-refractivity contribution >= 4 is 16.4 Å². The zero-order valence-electron chi connectivity index (χ0n) is 5.18. The predicted octanol–water partition coefficient (Wildman–Crippen LogP) is -0.619. The molecule has 0 radical (unpaired) electrons. The molecule has 0 rings (SSSR count). The van der Waals surface area contributed by atoms with Crippen molar-refractivity contribution in [2.45, 2.75) is 4.13 Å². The molecule has 11 heavy (non-hydrogen) atoms. The van der Waals surface area contributed by atoms with Gasteiger partial charge in [0.25, 0.3) is 0 Å². The first-order valence-electron chi connectivity index (χ1n) is 1.83. The van der Waals surface area contributed by atoms with Crippen LogP contribution in [0, 0.1) is 0 Å². The fraction of sp³-hybridized carbons (Fsp3) is 0.500. The van der Waals surface area contributed by atoms with Gasteiger partial charge in [0.15, 0.2) is 0 Å². The van der Waals surface area contributed by atoms with Gasteiger partial charge in [0, 0.05) is 26.2 Å². The van der Waals surface area contributed by atoms with Gasteiger partial charge in [0.05, 0.1) is 0 Å². The van der Waals surface area contributed by atoms with Crippen molar-refractivity contribution in [3.8, 4) is 0 Å². The van der Waals surface area contributed by atoms with Gasteiger partial charge in [-0.2, -0.15) is 8.42 Å². The third-order valence-corrected chi connectivity index (χ3v) is 0.895. The molecule has 0 aromatic heterocycles. The Bertz CT molecular complexity index is 177. The minimum Gasteiger partial charge on any atom is -0.264 e. The Labute approximate surface area is 97.9 Å². The van der Waals surface area contributed by atoms with Crippen LogP contribution >= 0.6 is 0 Å². The zero-order chi connectivity index (χ0) is 8.78. The van der Waals surface area contributed by atoms with Crippen molar-refractivity contribution in [1.82, 2.24) is 0 Å². The van der Waals surface area contributed by atoms with E-state index in [1.54, 1.807) is 0 Å². The molecule has 0 aliphatic carbocycles. The summed E-state index contributed by atoms with van der Waals surface area (Å²) in [6, 6.07) is 0. The first-order valence-corrected chi connectivity index (χ1v) is 4.97. The number of aliphatic carboxylic acids is 1. The summed E-state index contributed by atoms with van der Waals surface area (Å²) in [6.07, 6.45) is 0. The largest absolute Gasteiger partial charge is 0.394 e. The molecule has 0 amide bonds. The van der Waals surface area contributed by atoms with Crippen molar-refractivity contribution < 1.29 is 78.3 Å². The standard InChI is InChI=1S/C2H3O2.H2O4S.2Zr/c1-2(3)4;1-5(2,3)4;;/h1H2,(H,3,4);(H2,1,2,3,4);;. The number of carboxylic acids is 1. The third-order valence-electron chi connectivity index (χ3n) is 0.151. The monoisotopic (exact) mass is 337 g/mol. The van der Waals surface area contributed by atoms with Gasteiger partial charge >= 0.3 is 55.1 Å². The third kappa shape index (κ3) is 95.5. The molecule has 0 fully saturated rings. The molecule has 0 saturated carbocycles. The second-order valence-corrected chi connectivity index (χ2v) is 2.78. The van der Waals surface area contributed by atoms with Crippen LogP contribution in [-0.2, 0) is 66.1 Å². The van der Waals surface area contributed by atoms with E-state index in [9.17, 15) is 4.79 Å². The molecule has 0 aliphatic heterocycles. The maximum atomic E-state index is 9.39. The molecule has 0 atom stereocenters. The molecule has 6 nitrogen and oxygen atoms in total. The van der Waals surface area contributed by atoms with Crippen molar-refractivity contribution in [3.05, 3.63) is 0 Å². The molecule has 9 heteroatoms. The topological polar surface area (TPSA) is 112 Å². The van der Waals surface area contributed by atoms with Gasteiger partial charge in [0.2, 0.25) is 0 Å². The van der Waals surface area contributed by atoms with Crippen LogP contribution in [0.15, 0.2) is 0 Å². The van der Waals surface area contributed by atoms with E-state index in [2.05, 4.69) is 0 Å². The van der Waals surface area contributed by atoms with Crippen LogP contribution in [0.2, 0.25) is 4.13 Å². The Hall–Kier alpha value is 1.11. The van der Waals surface area contributed by atoms with Crippen molar-refractivity contribution in [2.75, 3.05) is 0 Å². The minimum atomic E-state index is -4.67. The van der Waals surface area contributed by atoms with Crippen LogP contribution in [0.5, 0.6) is 0 Å². The van der Waals surface area contributed by atoms with Crippen LogP contribution in [0.4, 0.5) is 0 Å². The summed E-state index contributed by atoms with van der Waals surface area (Å²) in [7, 11) is -4.67. The number of hydrogen-bond acceptors (Lipinski definition) is 3. The number of rotatable bonds is 1. The van der Waals surface area contributed by atoms with E-state index in [-0.39, 0.29) is 26.2 Å². The van der Waals surface area contributed by atoms with Gasteiger partial charge in [-0.1, -0.05) is 0 Å². The maximum Gasteiger partial charge on any atom is 0.394 e. The summed E-state index contributed by atoms with van der Waals surface area (Å²) >= 11 is 1.06. The normalized spacial score (nSPS) is 8.45. The van der Waals surface area contributed by atoms with Gasteiger partial charge in [-0.15, -0.1) is 0 Å². The number of carboxylic acid groups (broad SMARTS) is 1. The first kappa shape index (κ1) is 18.0. The summed E-state index contributed by atoms with van der Waals surface area (Å²) < 4.78 is 31.9. The van der Waals surface area contributed by atoms with Crippen LogP contribution in [0.1, 0.15) is 0 Å². The molecule has 0 spiro atoms. The predicted molar refractivity (Wildman–Crippen MR) is 26.6 cm³/mol. The molecule has 0 aliphatic rings. The van der Waals surface area contributed by atoms with Crippen LogP contribution in [0.25, 0.3) is 0 Å². The van der Waals surface area contributed by atoms with E-state index < -0.39 is 16.4 Å². The minimum absolute atomic E-state index is 0. The summed E-state index contributed by atoms with van der Waals surface area (Å²) in [5.74, 6) is -0.705. The SMILES string of the molecule is O=C(O)[CH2][Zr].O=S(=O)(O)O.[Zr]. The molecule has 0 saturated heterocycles. The Morgan fingerprint density at radius 2 is 1.45 bits per heavy atom. The fourth-order valence-corrected chi connectivity index (χ4v) is 0. The molecule has 0 aromatic carbocycles. The van der Waals surface area contributed by atoms with E-state index in [1.807, 2.05) is 0 Å². The Morgan fingerprint density at radius 1 is 1.36 bits per heavy atom. The molecule has 0 unspecified atom stereocenters. The summed E-state index contributed by atoms with van der Waals surface area (Å²) in [4.78, 5) is 9.39. The molecule has 0 bridgehead atoms. The van der Waals surface area contributed by atoms with Crippen LogP contribution in [0.3, 0.4) is 0 Å². The second kappa shape index (κ2) is 9.20.